The zero-order valence-corrected chi connectivity index (χ0v) is 9.87. The third kappa shape index (κ3) is 2.83. The van der Waals surface area contributed by atoms with Gasteiger partial charge in [-0.15, -0.1) is 0 Å². The molecule has 1 unspecified atom stereocenters. The highest BCUT2D eigenvalue weighted by Crippen LogP contribution is 2.10. The van der Waals surface area contributed by atoms with Gasteiger partial charge in [0.15, 0.2) is 0 Å². The molecular weight excluding hydrogens is 200 g/mol. The number of rotatable bonds is 3. The van der Waals surface area contributed by atoms with E-state index in [0.29, 0.717) is 12.0 Å². The highest BCUT2D eigenvalue weighted by molar-refractivity contribution is 5.95. The van der Waals surface area contributed by atoms with E-state index >= 15 is 0 Å². The minimum atomic E-state index is -0.791. The van der Waals surface area contributed by atoms with Crippen LogP contribution in [0.15, 0.2) is 24.3 Å². The molecule has 0 aliphatic rings. The van der Waals surface area contributed by atoms with Crippen molar-refractivity contribution in [3.63, 3.8) is 0 Å². The fourth-order valence-electron chi connectivity index (χ4n) is 1.30. The molecule has 3 nitrogen and oxygen atoms in total. The van der Waals surface area contributed by atoms with Crippen LogP contribution < -0.4 is 5.32 Å². The van der Waals surface area contributed by atoms with Gasteiger partial charge in [-0.3, -0.25) is 4.79 Å². The third-order valence-electron chi connectivity index (χ3n) is 2.62. The Hall–Kier alpha value is -1.82. The van der Waals surface area contributed by atoms with Gasteiger partial charge in [-0.2, -0.15) is 5.26 Å². The zero-order chi connectivity index (χ0) is 12.2. The van der Waals surface area contributed by atoms with Gasteiger partial charge in [0.1, 0.15) is 5.54 Å². The molecule has 1 N–H and O–H groups in total. The monoisotopic (exact) mass is 216 g/mol. The van der Waals surface area contributed by atoms with Crippen LogP contribution in [0.4, 0.5) is 0 Å². The average Bonchev–Trinajstić information content (AvgIpc) is 2.29. The maximum Gasteiger partial charge on any atom is 0.252 e. The highest BCUT2D eigenvalue weighted by atomic mass is 16.1. The number of hydrogen-bond acceptors (Lipinski definition) is 2. The molecule has 0 bridgehead atoms. The molecule has 0 aliphatic heterocycles. The van der Waals surface area contributed by atoms with E-state index in [4.69, 9.17) is 5.26 Å². The van der Waals surface area contributed by atoms with Crippen LogP contribution in [-0.2, 0) is 0 Å². The molecule has 3 heteroatoms. The standard InChI is InChI=1S/C13H16N2O/c1-4-13(3,9-14)15-12(16)11-7-5-6-10(2)8-11/h5-8H,4H2,1-3H3,(H,15,16). The van der Waals surface area contributed by atoms with Crippen molar-refractivity contribution in [3.8, 4) is 6.07 Å². The Morgan fingerprint density at radius 1 is 1.56 bits per heavy atom. The van der Waals surface area contributed by atoms with E-state index in [2.05, 4.69) is 11.4 Å². The molecular formula is C13H16N2O. The summed E-state index contributed by atoms with van der Waals surface area (Å²) in [7, 11) is 0. The molecule has 1 aromatic rings. The van der Waals surface area contributed by atoms with Crippen molar-refractivity contribution in [2.24, 2.45) is 0 Å². The summed E-state index contributed by atoms with van der Waals surface area (Å²) in [6.07, 6.45) is 0.584. The summed E-state index contributed by atoms with van der Waals surface area (Å²) in [6, 6.07) is 9.43. The fraction of sp³-hybridized carbons (Fsp3) is 0.385. The second kappa shape index (κ2) is 4.80. The second-order valence-electron chi connectivity index (χ2n) is 4.12. The molecule has 0 aliphatic carbocycles. The van der Waals surface area contributed by atoms with Crippen molar-refractivity contribution < 1.29 is 4.79 Å². The fourth-order valence-corrected chi connectivity index (χ4v) is 1.30. The van der Waals surface area contributed by atoms with Crippen LogP contribution in [0, 0.1) is 18.3 Å². The summed E-state index contributed by atoms with van der Waals surface area (Å²) in [5.41, 5.74) is 0.832. The summed E-state index contributed by atoms with van der Waals surface area (Å²) in [5, 5.41) is 11.7. The van der Waals surface area contributed by atoms with Crippen LogP contribution in [0.5, 0.6) is 0 Å². The van der Waals surface area contributed by atoms with Crippen molar-refractivity contribution in [2.75, 3.05) is 0 Å². The number of carbonyl (C=O) groups excluding carboxylic acids is 1. The van der Waals surface area contributed by atoms with Crippen LogP contribution in [0.1, 0.15) is 36.2 Å². The molecule has 0 aromatic heterocycles. The summed E-state index contributed by atoms with van der Waals surface area (Å²) in [4.78, 5) is 11.9. The molecule has 1 aromatic carbocycles. The lowest BCUT2D eigenvalue weighted by Gasteiger charge is -2.21. The summed E-state index contributed by atoms with van der Waals surface area (Å²) in [5.74, 6) is -0.199. The van der Waals surface area contributed by atoms with Crippen molar-refractivity contribution in [1.82, 2.24) is 5.32 Å². The molecule has 0 fully saturated rings. The SMILES string of the molecule is CCC(C)(C#N)NC(=O)c1cccc(C)c1. The van der Waals surface area contributed by atoms with Crippen molar-refractivity contribution in [1.29, 1.82) is 5.26 Å². The molecule has 84 valence electrons. The van der Waals surface area contributed by atoms with Crippen LogP contribution >= 0.6 is 0 Å². The molecule has 1 atom stereocenters. The van der Waals surface area contributed by atoms with Crippen molar-refractivity contribution in [3.05, 3.63) is 35.4 Å². The molecule has 16 heavy (non-hydrogen) atoms. The van der Waals surface area contributed by atoms with E-state index in [9.17, 15) is 4.79 Å². The summed E-state index contributed by atoms with van der Waals surface area (Å²) in [6.45, 7) is 5.53. The Bertz CT molecular complexity index is 434. The number of carbonyl (C=O) groups is 1. The smallest absolute Gasteiger partial charge is 0.252 e. The molecule has 0 radical (unpaired) electrons. The Labute approximate surface area is 96.1 Å². The number of benzene rings is 1. The Kier molecular flexibility index (Phi) is 3.68. The Morgan fingerprint density at radius 3 is 2.75 bits per heavy atom. The Balaban J connectivity index is 2.85. The lowest BCUT2D eigenvalue weighted by atomic mass is 10.0. The maximum absolute atomic E-state index is 11.9. The predicted octanol–water partition coefficient (Wildman–Crippen LogP) is 2.42. The molecule has 1 rings (SSSR count). The van der Waals surface area contributed by atoms with Gasteiger partial charge in [-0.05, 0) is 32.4 Å². The lowest BCUT2D eigenvalue weighted by molar-refractivity contribution is 0.0923. The number of amides is 1. The van der Waals surface area contributed by atoms with E-state index < -0.39 is 5.54 Å². The van der Waals surface area contributed by atoms with Gasteiger partial charge in [0.25, 0.3) is 5.91 Å². The lowest BCUT2D eigenvalue weighted by Crippen LogP contribution is -2.44. The number of aryl methyl sites for hydroxylation is 1. The first kappa shape index (κ1) is 12.3. The first-order valence-corrected chi connectivity index (χ1v) is 5.31. The number of nitrogens with one attached hydrogen (secondary N) is 1. The van der Waals surface area contributed by atoms with Crippen LogP contribution in [0.3, 0.4) is 0 Å². The van der Waals surface area contributed by atoms with Gasteiger partial charge in [0.05, 0.1) is 6.07 Å². The quantitative estimate of drug-likeness (QED) is 0.843. The van der Waals surface area contributed by atoms with E-state index in [1.807, 2.05) is 32.0 Å². The van der Waals surface area contributed by atoms with Gasteiger partial charge >= 0.3 is 0 Å². The summed E-state index contributed by atoms with van der Waals surface area (Å²) >= 11 is 0. The molecule has 1 amide bonds. The molecule has 0 spiro atoms. The number of nitriles is 1. The van der Waals surface area contributed by atoms with E-state index in [0.717, 1.165) is 5.56 Å². The molecule has 0 saturated carbocycles. The van der Waals surface area contributed by atoms with Crippen LogP contribution in [0.25, 0.3) is 0 Å². The van der Waals surface area contributed by atoms with Gasteiger partial charge in [0, 0.05) is 5.56 Å². The van der Waals surface area contributed by atoms with Crippen LogP contribution in [0.2, 0.25) is 0 Å². The minimum Gasteiger partial charge on any atom is -0.334 e. The van der Waals surface area contributed by atoms with Gasteiger partial charge in [-0.1, -0.05) is 24.6 Å². The third-order valence-corrected chi connectivity index (χ3v) is 2.62. The van der Waals surface area contributed by atoms with Gasteiger partial charge in [0.2, 0.25) is 0 Å². The maximum atomic E-state index is 11.9. The molecule has 0 saturated heterocycles. The van der Waals surface area contributed by atoms with E-state index in [-0.39, 0.29) is 5.91 Å². The van der Waals surface area contributed by atoms with E-state index in [1.54, 1.807) is 13.0 Å². The van der Waals surface area contributed by atoms with Gasteiger partial charge < -0.3 is 5.32 Å². The summed E-state index contributed by atoms with van der Waals surface area (Å²) < 4.78 is 0. The highest BCUT2D eigenvalue weighted by Gasteiger charge is 2.23. The van der Waals surface area contributed by atoms with E-state index in [1.165, 1.54) is 0 Å². The normalized spacial score (nSPS) is 13.6. The number of hydrogen-bond donors (Lipinski definition) is 1. The minimum absolute atomic E-state index is 0.199. The zero-order valence-electron chi connectivity index (χ0n) is 9.87. The molecule has 0 heterocycles. The topological polar surface area (TPSA) is 52.9 Å². The predicted molar refractivity (Wildman–Crippen MR) is 63.0 cm³/mol. The van der Waals surface area contributed by atoms with Crippen molar-refractivity contribution >= 4 is 5.91 Å². The average molecular weight is 216 g/mol. The second-order valence-corrected chi connectivity index (χ2v) is 4.12. The van der Waals surface area contributed by atoms with Crippen molar-refractivity contribution in [2.45, 2.75) is 32.7 Å². The largest absolute Gasteiger partial charge is 0.334 e. The first-order valence-electron chi connectivity index (χ1n) is 5.31. The first-order chi connectivity index (χ1) is 7.50. The van der Waals surface area contributed by atoms with Crippen LogP contribution in [-0.4, -0.2) is 11.4 Å². The Morgan fingerprint density at radius 2 is 2.25 bits per heavy atom. The van der Waals surface area contributed by atoms with Gasteiger partial charge in [-0.25, -0.2) is 0 Å². The number of nitrogens with zero attached hydrogens (tertiary/aromatic N) is 1.